The van der Waals surface area contributed by atoms with Crippen LogP contribution in [0.5, 0.6) is 0 Å². The third-order valence-electron chi connectivity index (χ3n) is 4.87. The highest BCUT2D eigenvalue weighted by Crippen LogP contribution is 2.26. The minimum atomic E-state index is 0.0179. The summed E-state index contributed by atoms with van der Waals surface area (Å²) in [5.41, 5.74) is 3.45. The van der Waals surface area contributed by atoms with E-state index < -0.39 is 0 Å². The van der Waals surface area contributed by atoms with Crippen LogP contribution in [0.4, 0.5) is 0 Å². The van der Waals surface area contributed by atoms with E-state index in [0.717, 1.165) is 29.5 Å². The van der Waals surface area contributed by atoms with Gasteiger partial charge in [-0.1, -0.05) is 37.7 Å². The lowest BCUT2D eigenvalue weighted by Gasteiger charge is -2.12. The molecule has 0 saturated heterocycles. The summed E-state index contributed by atoms with van der Waals surface area (Å²) < 4.78 is 4.11. The van der Waals surface area contributed by atoms with Crippen LogP contribution in [0.1, 0.15) is 43.5 Å². The molecule has 0 fully saturated rings. The van der Waals surface area contributed by atoms with Gasteiger partial charge >= 0.3 is 0 Å². The van der Waals surface area contributed by atoms with Crippen LogP contribution in [0.3, 0.4) is 0 Å². The van der Waals surface area contributed by atoms with Crippen LogP contribution in [0.25, 0.3) is 5.69 Å². The van der Waals surface area contributed by atoms with E-state index in [1.807, 2.05) is 23.3 Å². The molecule has 1 aliphatic rings. The van der Waals surface area contributed by atoms with Crippen molar-refractivity contribution in [1.82, 2.24) is 24.4 Å². The first-order valence-electron chi connectivity index (χ1n) is 9.17. The van der Waals surface area contributed by atoms with Crippen molar-refractivity contribution in [2.24, 2.45) is 0 Å². The van der Waals surface area contributed by atoms with Gasteiger partial charge in [-0.2, -0.15) is 0 Å². The second-order valence-electron chi connectivity index (χ2n) is 7.04. The van der Waals surface area contributed by atoms with Gasteiger partial charge in [0.05, 0.1) is 30.0 Å². The van der Waals surface area contributed by atoms with Crippen molar-refractivity contribution < 1.29 is 4.79 Å². The highest BCUT2D eigenvalue weighted by atomic mass is 32.2. The largest absolute Gasteiger partial charge is 0.347 e. The van der Waals surface area contributed by atoms with Crippen LogP contribution in [-0.2, 0) is 11.3 Å². The van der Waals surface area contributed by atoms with Gasteiger partial charge in [-0.3, -0.25) is 9.36 Å². The predicted octanol–water partition coefficient (Wildman–Crippen LogP) is 3.55. The molecule has 27 heavy (non-hydrogen) atoms. The first kappa shape index (κ1) is 17.9. The minimum absolute atomic E-state index is 0.0179. The van der Waals surface area contributed by atoms with Crippen molar-refractivity contribution in [3.8, 4) is 5.69 Å². The van der Waals surface area contributed by atoms with Crippen molar-refractivity contribution in [3.05, 3.63) is 60.4 Å². The number of nitrogens with zero attached hydrogens (tertiary/aromatic N) is 4. The van der Waals surface area contributed by atoms with Crippen molar-refractivity contribution in [2.45, 2.75) is 43.9 Å². The molecule has 1 amide bonds. The molecular formula is C20H23N5OS. The number of nitrogens with one attached hydrogen (secondary N) is 1. The Kier molecular flexibility index (Phi) is 5.03. The summed E-state index contributed by atoms with van der Waals surface area (Å²) in [6, 6.07) is 8.54. The van der Waals surface area contributed by atoms with E-state index in [4.69, 9.17) is 0 Å². The van der Waals surface area contributed by atoms with Crippen molar-refractivity contribution in [1.29, 1.82) is 0 Å². The number of thioether (sulfide) groups is 1. The van der Waals surface area contributed by atoms with Gasteiger partial charge in [0.15, 0.2) is 5.16 Å². The van der Waals surface area contributed by atoms with Gasteiger partial charge < -0.3 is 9.88 Å². The van der Waals surface area contributed by atoms with Crippen LogP contribution >= 0.6 is 11.8 Å². The number of benzene rings is 1. The second kappa shape index (κ2) is 7.60. The molecule has 2 aromatic heterocycles. The summed E-state index contributed by atoms with van der Waals surface area (Å²) in [5, 5.41) is 3.92. The number of carbonyl (C=O) groups excluding carboxylic acids is 1. The minimum Gasteiger partial charge on any atom is -0.347 e. The number of hydrogen-bond donors (Lipinski definition) is 1. The van der Waals surface area contributed by atoms with Crippen molar-refractivity contribution >= 4 is 17.7 Å². The molecule has 1 aromatic carbocycles. The number of aryl methyl sites for hydroxylation is 1. The summed E-state index contributed by atoms with van der Waals surface area (Å²) in [5.74, 6) is 0.863. The number of carbonyl (C=O) groups is 1. The van der Waals surface area contributed by atoms with Crippen LogP contribution in [0, 0.1) is 0 Å². The van der Waals surface area contributed by atoms with Crippen LogP contribution in [0.15, 0.2) is 54.3 Å². The summed E-state index contributed by atoms with van der Waals surface area (Å²) in [4.78, 5) is 21.0. The lowest BCUT2D eigenvalue weighted by molar-refractivity contribution is -0.119. The van der Waals surface area contributed by atoms with E-state index in [1.54, 1.807) is 6.20 Å². The zero-order chi connectivity index (χ0) is 18.8. The Labute approximate surface area is 163 Å². The smallest absolute Gasteiger partial charge is 0.231 e. The van der Waals surface area contributed by atoms with Gasteiger partial charge in [-0.05, 0) is 30.0 Å². The van der Waals surface area contributed by atoms with Gasteiger partial charge in [0.25, 0.3) is 0 Å². The fraction of sp³-hybridized carbons (Fsp3) is 0.350. The molecule has 1 atom stereocenters. The molecule has 0 aliphatic carbocycles. The third-order valence-corrected chi connectivity index (χ3v) is 5.84. The molecule has 0 bridgehead atoms. The Morgan fingerprint density at radius 1 is 1.33 bits per heavy atom. The number of rotatable bonds is 6. The topological polar surface area (TPSA) is 64.7 Å². The van der Waals surface area contributed by atoms with E-state index >= 15 is 0 Å². The maximum absolute atomic E-state index is 12.4. The standard InChI is InChI=1S/C20H23N5OS/c1-14(2)15-3-5-16(6-4-15)25-10-8-22-20(25)27-12-19(26)23-17-7-9-24-13-21-11-18(17)24/h3-6,8,10-11,13-14,17H,7,9,12H2,1-2H3,(H,23,26). The SMILES string of the molecule is CC(C)c1ccc(-n2ccnc2SCC(=O)NC2CCn3cncc32)cc1. The van der Waals surface area contributed by atoms with Gasteiger partial charge in [-0.15, -0.1) is 0 Å². The normalized spacial score (nSPS) is 15.9. The molecule has 4 rings (SSSR count). The molecule has 6 nitrogen and oxygen atoms in total. The maximum Gasteiger partial charge on any atom is 0.231 e. The fourth-order valence-electron chi connectivity index (χ4n) is 3.35. The molecule has 1 unspecified atom stereocenters. The lowest BCUT2D eigenvalue weighted by Crippen LogP contribution is -2.28. The van der Waals surface area contributed by atoms with Crippen molar-refractivity contribution in [2.75, 3.05) is 5.75 Å². The average molecular weight is 382 g/mol. The molecule has 3 aromatic rings. The average Bonchev–Trinajstić information content (AvgIpc) is 3.38. The molecule has 1 N–H and O–H groups in total. The van der Waals surface area contributed by atoms with Gasteiger partial charge in [0.1, 0.15) is 0 Å². The Morgan fingerprint density at radius 2 is 2.15 bits per heavy atom. The number of imidazole rings is 2. The van der Waals surface area contributed by atoms with E-state index in [2.05, 4.69) is 58.0 Å². The highest BCUT2D eigenvalue weighted by Gasteiger charge is 2.24. The zero-order valence-corrected chi connectivity index (χ0v) is 16.3. The number of fused-ring (bicyclic) bond motifs is 1. The molecule has 7 heteroatoms. The Hall–Kier alpha value is -2.54. The van der Waals surface area contributed by atoms with Crippen LogP contribution in [0.2, 0.25) is 0 Å². The monoisotopic (exact) mass is 381 g/mol. The number of hydrogen-bond acceptors (Lipinski definition) is 4. The molecular weight excluding hydrogens is 358 g/mol. The highest BCUT2D eigenvalue weighted by molar-refractivity contribution is 7.99. The zero-order valence-electron chi connectivity index (χ0n) is 15.5. The van der Waals surface area contributed by atoms with E-state index in [1.165, 1.54) is 17.3 Å². The van der Waals surface area contributed by atoms with Crippen molar-refractivity contribution in [3.63, 3.8) is 0 Å². The fourth-order valence-corrected chi connectivity index (χ4v) is 4.13. The Balaban J connectivity index is 1.38. The lowest BCUT2D eigenvalue weighted by atomic mass is 10.0. The Morgan fingerprint density at radius 3 is 2.93 bits per heavy atom. The summed E-state index contributed by atoms with van der Waals surface area (Å²) in [7, 11) is 0. The predicted molar refractivity (Wildman–Crippen MR) is 106 cm³/mol. The molecule has 140 valence electrons. The second-order valence-corrected chi connectivity index (χ2v) is 7.98. The molecule has 1 aliphatic heterocycles. The van der Waals surface area contributed by atoms with E-state index in [0.29, 0.717) is 11.7 Å². The molecule has 0 saturated carbocycles. The first-order valence-corrected chi connectivity index (χ1v) is 10.2. The third kappa shape index (κ3) is 3.78. The summed E-state index contributed by atoms with van der Waals surface area (Å²) in [6.45, 7) is 5.27. The van der Waals surface area contributed by atoms with E-state index in [-0.39, 0.29) is 11.9 Å². The molecule has 0 spiro atoms. The van der Waals surface area contributed by atoms with Crippen LogP contribution < -0.4 is 5.32 Å². The molecule has 3 heterocycles. The summed E-state index contributed by atoms with van der Waals surface area (Å²) >= 11 is 1.45. The number of aromatic nitrogens is 4. The van der Waals surface area contributed by atoms with E-state index in [9.17, 15) is 4.79 Å². The quantitative estimate of drug-likeness (QED) is 0.663. The van der Waals surface area contributed by atoms with Gasteiger partial charge in [0, 0.05) is 24.6 Å². The first-order chi connectivity index (χ1) is 13.1. The van der Waals surface area contributed by atoms with Crippen LogP contribution in [-0.4, -0.2) is 30.8 Å². The van der Waals surface area contributed by atoms with Gasteiger partial charge in [0.2, 0.25) is 5.91 Å². The Bertz CT molecular complexity index is 928. The van der Waals surface area contributed by atoms with Gasteiger partial charge in [-0.25, -0.2) is 9.97 Å². The summed E-state index contributed by atoms with van der Waals surface area (Å²) in [6.07, 6.45) is 8.27. The maximum atomic E-state index is 12.4. The molecule has 0 radical (unpaired) electrons. The number of amides is 1.